The number of halogens is 2. The molecule has 106 valence electrons. The van der Waals surface area contributed by atoms with E-state index in [-0.39, 0.29) is 11.9 Å². The average Bonchev–Trinajstić information content (AvgIpc) is 2.43. The van der Waals surface area contributed by atoms with E-state index in [2.05, 4.69) is 33.2 Å². The third-order valence-corrected chi connectivity index (χ3v) is 4.06. The van der Waals surface area contributed by atoms with Crippen LogP contribution >= 0.6 is 15.9 Å². The summed E-state index contributed by atoms with van der Waals surface area (Å²) in [6, 6.07) is 11.2. The van der Waals surface area contributed by atoms with E-state index in [9.17, 15) is 4.39 Å². The van der Waals surface area contributed by atoms with Crippen molar-refractivity contribution < 1.29 is 4.39 Å². The van der Waals surface area contributed by atoms with Crippen LogP contribution in [0.5, 0.6) is 0 Å². The van der Waals surface area contributed by atoms with Crippen LogP contribution in [-0.4, -0.2) is 11.5 Å². The number of rotatable bonds is 5. The molecule has 20 heavy (non-hydrogen) atoms. The molecule has 1 N–H and O–H groups in total. The van der Waals surface area contributed by atoms with Gasteiger partial charge in [0, 0.05) is 5.69 Å². The zero-order valence-corrected chi connectivity index (χ0v) is 13.2. The number of pyridine rings is 1. The zero-order valence-electron chi connectivity index (χ0n) is 11.7. The lowest BCUT2D eigenvalue weighted by molar-refractivity contribution is 0.531. The molecule has 2 aromatic rings. The van der Waals surface area contributed by atoms with Gasteiger partial charge in [0.1, 0.15) is 5.82 Å². The van der Waals surface area contributed by atoms with Crippen LogP contribution in [0.15, 0.2) is 40.9 Å². The van der Waals surface area contributed by atoms with Gasteiger partial charge in [0.05, 0.1) is 16.2 Å². The monoisotopic (exact) mass is 336 g/mol. The van der Waals surface area contributed by atoms with E-state index in [0.717, 1.165) is 23.5 Å². The highest BCUT2D eigenvalue weighted by atomic mass is 79.9. The summed E-state index contributed by atoms with van der Waals surface area (Å²) in [5.74, 6) is -0.227. The minimum absolute atomic E-state index is 0.0815. The second-order valence-corrected chi connectivity index (χ2v) is 5.52. The first-order valence-electron chi connectivity index (χ1n) is 6.71. The van der Waals surface area contributed by atoms with E-state index in [0.29, 0.717) is 10.9 Å². The predicted octanol–water partition coefficient (Wildman–Crippen LogP) is 4.18. The fourth-order valence-corrected chi connectivity index (χ4v) is 2.64. The molecule has 1 aromatic heterocycles. The van der Waals surface area contributed by atoms with Crippen LogP contribution in [0, 0.1) is 12.7 Å². The number of likely N-dealkylation sites (N-methyl/N-ethyl adjacent to an activating group) is 1. The van der Waals surface area contributed by atoms with Gasteiger partial charge < -0.3 is 5.32 Å². The Morgan fingerprint density at radius 1 is 1.25 bits per heavy atom. The van der Waals surface area contributed by atoms with Crippen LogP contribution in [0.4, 0.5) is 4.39 Å². The largest absolute Gasteiger partial charge is 0.309 e. The van der Waals surface area contributed by atoms with Crippen LogP contribution in [0.1, 0.15) is 29.9 Å². The Kier molecular flexibility index (Phi) is 5.26. The predicted molar refractivity (Wildman–Crippen MR) is 83.2 cm³/mol. The topological polar surface area (TPSA) is 24.9 Å². The maximum Gasteiger partial charge on any atom is 0.137 e. The van der Waals surface area contributed by atoms with Gasteiger partial charge in [0.25, 0.3) is 0 Å². The van der Waals surface area contributed by atoms with Crippen LogP contribution in [0.25, 0.3) is 0 Å². The smallest absolute Gasteiger partial charge is 0.137 e. The molecule has 1 unspecified atom stereocenters. The molecule has 0 fully saturated rings. The second-order valence-electron chi connectivity index (χ2n) is 4.73. The fraction of sp³-hybridized carbons (Fsp3) is 0.312. The molecule has 0 saturated heterocycles. The second kappa shape index (κ2) is 6.95. The highest BCUT2D eigenvalue weighted by Crippen LogP contribution is 2.25. The molecule has 0 amide bonds. The van der Waals surface area contributed by atoms with E-state index in [1.807, 2.05) is 31.2 Å². The lowest BCUT2D eigenvalue weighted by atomic mass is 10.0. The number of benzene rings is 1. The van der Waals surface area contributed by atoms with Crippen LogP contribution in [-0.2, 0) is 6.42 Å². The Morgan fingerprint density at radius 3 is 2.70 bits per heavy atom. The molecular weight excluding hydrogens is 319 g/mol. The lowest BCUT2D eigenvalue weighted by Gasteiger charge is -2.19. The Morgan fingerprint density at radius 2 is 2.00 bits per heavy atom. The first-order valence-corrected chi connectivity index (χ1v) is 7.51. The summed E-state index contributed by atoms with van der Waals surface area (Å²) in [5.41, 5.74) is 2.92. The Labute approximate surface area is 127 Å². The van der Waals surface area contributed by atoms with E-state index < -0.39 is 0 Å². The number of aryl methyl sites for hydroxylation is 1. The Bertz CT molecular complexity index is 586. The normalized spacial score (nSPS) is 12.4. The molecule has 1 aromatic carbocycles. The van der Waals surface area contributed by atoms with Crippen LogP contribution in [0.2, 0.25) is 0 Å². The summed E-state index contributed by atoms with van der Waals surface area (Å²) >= 11 is 3.32. The maximum absolute atomic E-state index is 13.6. The molecule has 0 aliphatic carbocycles. The molecule has 0 spiro atoms. The molecular formula is C16H18BrFN2. The SMILES string of the molecule is CCNC(Cc1cccc(F)c1Br)c1cccc(C)n1. The number of nitrogens with one attached hydrogen (secondary N) is 1. The van der Waals surface area contributed by atoms with Crippen molar-refractivity contribution in [1.29, 1.82) is 0 Å². The van der Waals surface area contributed by atoms with Crippen molar-refractivity contribution >= 4 is 15.9 Å². The van der Waals surface area contributed by atoms with E-state index in [1.54, 1.807) is 6.07 Å². The van der Waals surface area contributed by atoms with Gasteiger partial charge in [-0.15, -0.1) is 0 Å². The molecule has 2 nitrogen and oxygen atoms in total. The summed E-state index contributed by atoms with van der Waals surface area (Å²) < 4.78 is 14.1. The van der Waals surface area contributed by atoms with E-state index >= 15 is 0 Å². The van der Waals surface area contributed by atoms with Gasteiger partial charge in [-0.2, -0.15) is 0 Å². The molecule has 4 heteroatoms. The van der Waals surface area contributed by atoms with Crippen molar-refractivity contribution in [1.82, 2.24) is 10.3 Å². The molecule has 1 atom stereocenters. The minimum atomic E-state index is -0.227. The van der Waals surface area contributed by atoms with Crippen molar-refractivity contribution in [3.63, 3.8) is 0 Å². The Hall–Kier alpha value is -1.26. The van der Waals surface area contributed by atoms with E-state index in [4.69, 9.17) is 0 Å². The minimum Gasteiger partial charge on any atom is -0.309 e. The van der Waals surface area contributed by atoms with Crippen LogP contribution < -0.4 is 5.32 Å². The van der Waals surface area contributed by atoms with Crippen LogP contribution in [0.3, 0.4) is 0 Å². The van der Waals surface area contributed by atoms with Gasteiger partial charge in [-0.3, -0.25) is 4.98 Å². The van der Waals surface area contributed by atoms with Crippen molar-refractivity contribution in [2.75, 3.05) is 6.54 Å². The Balaban J connectivity index is 2.28. The number of hydrogen-bond donors (Lipinski definition) is 1. The van der Waals surface area contributed by atoms with Gasteiger partial charge in [-0.05, 0) is 59.6 Å². The third kappa shape index (κ3) is 3.64. The van der Waals surface area contributed by atoms with Crippen molar-refractivity contribution in [2.24, 2.45) is 0 Å². The average molecular weight is 337 g/mol. The van der Waals surface area contributed by atoms with Gasteiger partial charge in [-0.1, -0.05) is 25.1 Å². The van der Waals surface area contributed by atoms with Crippen molar-refractivity contribution in [2.45, 2.75) is 26.3 Å². The lowest BCUT2D eigenvalue weighted by Crippen LogP contribution is -2.24. The first kappa shape index (κ1) is 15.1. The molecule has 0 saturated carbocycles. The molecule has 0 aliphatic rings. The first-order chi connectivity index (χ1) is 9.61. The number of aromatic nitrogens is 1. The molecule has 0 aliphatic heterocycles. The van der Waals surface area contributed by atoms with Gasteiger partial charge in [0.15, 0.2) is 0 Å². The molecule has 0 radical (unpaired) electrons. The zero-order chi connectivity index (χ0) is 14.5. The highest BCUT2D eigenvalue weighted by Gasteiger charge is 2.15. The highest BCUT2D eigenvalue weighted by molar-refractivity contribution is 9.10. The standard InChI is InChI=1S/C16H18BrFN2/c1-3-19-15(14-9-4-6-11(2)20-14)10-12-7-5-8-13(18)16(12)17/h4-9,15,19H,3,10H2,1-2H3. The van der Waals surface area contributed by atoms with Crippen molar-refractivity contribution in [3.8, 4) is 0 Å². The summed E-state index contributed by atoms with van der Waals surface area (Å²) in [7, 11) is 0. The molecule has 2 rings (SSSR count). The molecule has 0 bridgehead atoms. The summed E-state index contributed by atoms with van der Waals surface area (Å²) in [4.78, 5) is 4.57. The summed E-state index contributed by atoms with van der Waals surface area (Å²) in [6.45, 7) is 4.88. The fourth-order valence-electron chi connectivity index (χ4n) is 2.21. The summed E-state index contributed by atoms with van der Waals surface area (Å²) in [5, 5.41) is 3.42. The number of nitrogens with zero attached hydrogens (tertiary/aromatic N) is 1. The maximum atomic E-state index is 13.6. The van der Waals surface area contributed by atoms with Gasteiger partial charge >= 0.3 is 0 Å². The van der Waals surface area contributed by atoms with E-state index in [1.165, 1.54) is 6.07 Å². The summed E-state index contributed by atoms with van der Waals surface area (Å²) in [6.07, 6.45) is 0.697. The van der Waals surface area contributed by atoms with Crippen molar-refractivity contribution in [3.05, 3.63) is 63.6 Å². The van der Waals surface area contributed by atoms with Gasteiger partial charge in [0.2, 0.25) is 0 Å². The number of hydrogen-bond acceptors (Lipinski definition) is 2. The van der Waals surface area contributed by atoms with Gasteiger partial charge in [-0.25, -0.2) is 4.39 Å². The quantitative estimate of drug-likeness (QED) is 0.885. The molecule has 1 heterocycles. The third-order valence-electron chi connectivity index (χ3n) is 3.17.